The smallest absolute Gasteiger partial charge is 0.317 e. The van der Waals surface area contributed by atoms with E-state index >= 15 is 0 Å². The minimum absolute atomic E-state index is 0.154. The fourth-order valence-corrected chi connectivity index (χ4v) is 5.38. The number of thiophene rings is 1. The van der Waals surface area contributed by atoms with Crippen LogP contribution in [0.25, 0.3) is 0 Å². The van der Waals surface area contributed by atoms with Crippen LogP contribution in [-0.4, -0.2) is 98.9 Å². The maximum atomic E-state index is 13.7. The van der Waals surface area contributed by atoms with Gasteiger partial charge in [0.2, 0.25) is 5.72 Å². The van der Waals surface area contributed by atoms with Gasteiger partial charge in [0, 0.05) is 50.7 Å². The minimum Gasteiger partial charge on any atom is -0.383 e. The molecule has 3 atom stereocenters. The molecule has 1 aromatic heterocycles. The van der Waals surface area contributed by atoms with Crippen molar-refractivity contribution in [3.63, 3.8) is 0 Å². The van der Waals surface area contributed by atoms with Crippen LogP contribution in [0.1, 0.15) is 44.6 Å². The summed E-state index contributed by atoms with van der Waals surface area (Å²) in [6.07, 6.45) is 1.05. The predicted octanol–water partition coefficient (Wildman–Crippen LogP) is 1.96. The highest BCUT2D eigenvalue weighted by molar-refractivity contribution is 7.09. The largest absolute Gasteiger partial charge is 0.383 e. The summed E-state index contributed by atoms with van der Waals surface area (Å²) in [5, 5.41) is 28.4. The Morgan fingerprint density at radius 1 is 0.896 bits per heavy atom. The molecule has 1 aromatic carbocycles. The van der Waals surface area contributed by atoms with Gasteiger partial charge in [-0.25, -0.2) is 14.6 Å². The molecule has 0 bridgehead atoms. The second kappa shape index (κ2) is 21.3. The number of rotatable bonds is 21. The molecular weight excluding hydrogens is 638 g/mol. The molecule has 7 N–H and O–H groups in total. The lowest BCUT2D eigenvalue weighted by molar-refractivity contribution is -0.148. The third-order valence-corrected chi connectivity index (χ3v) is 8.36. The number of benzene rings is 1. The summed E-state index contributed by atoms with van der Waals surface area (Å²) < 4.78 is 9.93. The molecule has 0 aliphatic carbocycles. The average molecular weight is 692 g/mol. The van der Waals surface area contributed by atoms with Crippen LogP contribution in [0, 0.1) is 11.8 Å². The van der Waals surface area contributed by atoms with Gasteiger partial charge in [-0.3, -0.25) is 15.0 Å². The Labute approximate surface area is 287 Å². The molecule has 48 heavy (non-hydrogen) atoms. The second-order valence-electron chi connectivity index (χ2n) is 12.0. The third kappa shape index (κ3) is 14.2. The molecular formula is C33H53N7O7S. The van der Waals surface area contributed by atoms with E-state index in [2.05, 4.69) is 32.0 Å². The van der Waals surface area contributed by atoms with Crippen LogP contribution < -0.4 is 32.0 Å². The highest BCUT2D eigenvalue weighted by Gasteiger charge is 2.42. The van der Waals surface area contributed by atoms with Crippen LogP contribution >= 0.6 is 11.3 Å². The number of urea groups is 2. The molecule has 0 spiro atoms. The van der Waals surface area contributed by atoms with Gasteiger partial charge in [-0.05, 0) is 35.8 Å². The number of hydrazine groups is 1. The van der Waals surface area contributed by atoms with Crippen molar-refractivity contribution in [3.05, 3.63) is 58.3 Å². The molecule has 0 saturated carbocycles. The molecule has 0 saturated heterocycles. The zero-order chi connectivity index (χ0) is 35.5. The Balaban J connectivity index is 2.32. The van der Waals surface area contributed by atoms with E-state index in [1.54, 1.807) is 18.9 Å². The normalized spacial score (nSPS) is 13.8. The highest BCUT2D eigenvalue weighted by atomic mass is 32.1. The molecule has 6 amide bonds. The van der Waals surface area contributed by atoms with Crippen molar-refractivity contribution in [1.29, 1.82) is 0 Å². The van der Waals surface area contributed by atoms with E-state index in [0.717, 1.165) is 10.4 Å². The summed E-state index contributed by atoms with van der Waals surface area (Å²) in [6, 6.07) is 10.9. The maximum Gasteiger partial charge on any atom is 0.317 e. The van der Waals surface area contributed by atoms with E-state index in [1.165, 1.54) is 25.6 Å². The fraction of sp³-hybridized carbons (Fsp3) is 0.576. The van der Waals surface area contributed by atoms with Crippen LogP contribution in [0.4, 0.5) is 9.59 Å². The number of carbonyl (C=O) groups is 4. The molecule has 0 aliphatic heterocycles. The maximum absolute atomic E-state index is 13.7. The Kier molecular flexibility index (Phi) is 17.9. The SMILES string of the molecule is COCCNC(=O)N[C@H](C(=O)NN(Cc1cccs1)C[C@H](CCc1ccccc1)NC(=O)[C@@](O)(NC(=O)NCCOC)C(C)C)C(C)C. The van der Waals surface area contributed by atoms with Gasteiger partial charge >= 0.3 is 12.1 Å². The highest BCUT2D eigenvalue weighted by Crippen LogP contribution is 2.17. The summed E-state index contributed by atoms with van der Waals surface area (Å²) in [6.45, 7) is 8.46. The van der Waals surface area contributed by atoms with Gasteiger partial charge in [0.05, 0.1) is 19.8 Å². The summed E-state index contributed by atoms with van der Waals surface area (Å²) in [5.74, 6) is -2.13. The van der Waals surface area contributed by atoms with Gasteiger partial charge < -0.3 is 41.2 Å². The second-order valence-corrected chi connectivity index (χ2v) is 13.1. The standard InChI is InChI=1S/C33H53N7O7S/c1-23(2)28(37-31(43)34-16-18-46-5)29(41)39-40(22-27-13-10-20-48-27)21-26(15-14-25-11-8-7-9-12-25)36-30(42)33(45,24(3)4)38-32(44)35-17-19-47-6/h7-13,20,23-24,26,28,45H,14-19,21-22H2,1-6H3,(H,36,42)(H,39,41)(H2,34,37,43)(H2,35,38,44)/t26-,28-,33+/m0/s1. The lowest BCUT2D eigenvalue weighted by Gasteiger charge is -2.35. The van der Waals surface area contributed by atoms with Crippen molar-refractivity contribution in [3.8, 4) is 0 Å². The molecule has 0 radical (unpaired) electrons. The Hall–Kier alpha value is -3.76. The number of hydrogen-bond acceptors (Lipinski definition) is 9. The lowest BCUT2D eigenvalue weighted by atomic mass is 9.97. The van der Waals surface area contributed by atoms with Crippen molar-refractivity contribution in [1.82, 2.24) is 37.0 Å². The molecule has 1 heterocycles. The topological polar surface area (TPSA) is 182 Å². The zero-order valence-electron chi connectivity index (χ0n) is 28.8. The summed E-state index contributed by atoms with van der Waals surface area (Å²) >= 11 is 1.51. The van der Waals surface area contributed by atoms with E-state index in [1.807, 2.05) is 61.7 Å². The van der Waals surface area contributed by atoms with E-state index in [4.69, 9.17) is 9.47 Å². The minimum atomic E-state index is -2.23. The lowest BCUT2D eigenvalue weighted by Crippen LogP contribution is -2.66. The quantitative estimate of drug-likeness (QED) is 0.0589. The van der Waals surface area contributed by atoms with E-state index in [9.17, 15) is 24.3 Å². The van der Waals surface area contributed by atoms with Gasteiger partial charge in [0.15, 0.2) is 0 Å². The number of hydrogen-bond donors (Lipinski definition) is 7. The van der Waals surface area contributed by atoms with Crippen molar-refractivity contribution < 1.29 is 33.8 Å². The van der Waals surface area contributed by atoms with Gasteiger partial charge in [0.1, 0.15) is 6.04 Å². The van der Waals surface area contributed by atoms with E-state index in [0.29, 0.717) is 26.0 Å². The van der Waals surface area contributed by atoms with Crippen LogP contribution in [0.15, 0.2) is 47.8 Å². The predicted molar refractivity (Wildman–Crippen MR) is 185 cm³/mol. The first-order valence-electron chi connectivity index (χ1n) is 16.1. The number of ether oxygens (including phenoxy) is 2. The number of amides is 6. The molecule has 0 unspecified atom stereocenters. The van der Waals surface area contributed by atoms with Crippen LogP contribution in [-0.2, 0) is 32.0 Å². The number of methoxy groups -OCH3 is 2. The Morgan fingerprint density at radius 3 is 2.10 bits per heavy atom. The monoisotopic (exact) mass is 691 g/mol. The first-order chi connectivity index (χ1) is 22.9. The first-order valence-corrected chi connectivity index (χ1v) is 17.0. The molecule has 2 aromatic rings. The van der Waals surface area contributed by atoms with Crippen molar-refractivity contribution in [2.24, 2.45) is 11.8 Å². The number of nitrogens with one attached hydrogen (secondary N) is 6. The fourth-order valence-electron chi connectivity index (χ4n) is 4.66. The van der Waals surface area contributed by atoms with Crippen molar-refractivity contribution in [2.75, 3.05) is 47.1 Å². The molecule has 268 valence electrons. The average Bonchev–Trinajstić information content (AvgIpc) is 3.55. The van der Waals surface area contributed by atoms with E-state index in [-0.39, 0.29) is 32.2 Å². The van der Waals surface area contributed by atoms with Gasteiger partial charge in [-0.2, -0.15) is 0 Å². The third-order valence-electron chi connectivity index (χ3n) is 7.50. The van der Waals surface area contributed by atoms with Crippen LogP contribution in [0.2, 0.25) is 0 Å². The van der Waals surface area contributed by atoms with Gasteiger partial charge in [-0.1, -0.05) is 64.1 Å². The summed E-state index contributed by atoms with van der Waals surface area (Å²) in [7, 11) is 3.03. The van der Waals surface area contributed by atoms with E-state index < -0.39 is 47.6 Å². The van der Waals surface area contributed by atoms with Crippen molar-refractivity contribution in [2.45, 2.75) is 64.9 Å². The van der Waals surface area contributed by atoms with Gasteiger partial charge in [-0.15, -0.1) is 11.3 Å². The number of nitrogens with zero attached hydrogens (tertiary/aromatic N) is 1. The first kappa shape index (κ1) is 40.4. The summed E-state index contributed by atoms with van der Waals surface area (Å²) in [5.41, 5.74) is 1.78. The molecule has 15 heteroatoms. The Bertz CT molecular complexity index is 1250. The molecule has 14 nitrogen and oxygen atoms in total. The number of aryl methyl sites for hydroxylation is 1. The number of aliphatic hydroxyl groups is 1. The Morgan fingerprint density at radius 2 is 1.54 bits per heavy atom. The van der Waals surface area contributed by atoms with Crippen molar-refractivity contribution >= 4 is 35.2 Å². The van der Waals surface area contributed by atoms with Crippen LogP contribution in [0.5, 0.6) is 0 Å². The molecule has 0 aliphatic rings. The molecule has 2 rings (SSSR count). The molecule has 0 fully saturated rings. The van der Waals surface area contributed by atoms with Gasteiger partial charge in [0.25, 0.3) is 11.8 Å². The number of carbonyl (C=O) groups excluding carboxylic acids is 4. The van der Waals surface area contributed by atoms with Crippen LogP contribution in [0.3, 0.4) is 0 Å². The zero-order valence-corrected chi connectivity index (χ0v) is 29.7. The summed E-state index contributed by atoms with van der Waals surface area (Å²) in [4.78, 5) is 53.4.